The van der Waals surface area contributed by atoms with Gasteiger partial charge < -0.3 is 15.6 Å². The molecule has 6 nitrogen and oxygen atoms in total. The first-order valence-electron chi connectivity index (χ1n) is 16.9. The summed E-state index contributed by atoms with van der Waals surface area (Å²) in [6, 6.07) is 9.60. The third-order valence-corrected chi connectivity index (χ3v) is 8.77. The van der Waals surface area contributed by atoms with Gasteiger partial charge in [0, 0.05) is 11.6 Å². The van der Waals surface area contributed by atoms with Gasteiger partial charge in [-0.3, -0.25) is 4.55 Å². The van der Waals surface area contributed by atoms with Crippen molar-refractivity contribution in [2.75, 3.05) is 12.3 Å². The smallest absolute Gasteiger partial charge is 0.294 e. The molecule has 2 rings (SSSR count). The number of hydrogen-bond acceptors (Lipinski definition) is 5. The van der Waals surface area contributed by atoms with E-state index in [-0.39, 0.29) is 21.5 Å². The van der Waals surface area contributed by atoms with Crippen LogP contribution in [0.25, 0.3) is 0 Å². The van der Waals surface area contributed by atoms with Crippen LogP contribution in [0.4, 0.5) is 5.69 Å². The number of nitrogens with two attached hydrogens (primary N) is 1. The van der Waals surface area contributed by atoms with E-state index in [1.54, 1.807) is 18.2 Å². The zero-order valence-corrected chi connectivity index (χ0v) is 29.7. The molecular weight excluding hydrogens is 570 g/mol. The molecule has 0 aliphatic rings. The van der Waals surface area contributed by atoms with Crippen molar-refractivity contribution < 1.29 is 22.8 Å². The minimum atomic E-state index is -4.02. The number of phenolic OH excluding ortho intramolecular Hbond substituents is 1. The SMILES string of the molecule is CCCCCCCCCCCCCCCCOc1cc(N)c(O)cc1C(C)(C)CC(C)(C)C.Cc1ccc(S(=O)(=O)O)cc1. The maximum atomic E-state index is 10.5. The Hall–Kier alpha value is -2.25. The topological polar surface area (TPSA) is 110 Å². The van der Waals surface area contributed by atoms with E-state index in [0.717, 1.165) is 29.7 Å². The number of ether oxygens (including phenoxy) is 1. The molecule has 0 saturated carbocycles. The summed E-state index contributed by atoms with van der Waals surface area (Å²) in [5.74, 6) is 0.977. The molecule has 0 spiro atoms. The highest BCUT2D eigenvalue weighted by Crippen LogP contribution is 2.43. The predicted octanol–water partition coefficient (Wildman–Crippen LogP) is 10.8. The highest BCUT2D eigenvalue weighted by molar-refractivity contribution is 7.85. The van der Waals surface area contributed by atoms with Crippen LogP contribution < -0.4 is 10.5 Å². The highest BCUT2D eigenvalue weighted by Gasteiger charge is 2.30. The van der Waals surface area contributed by atoms with Gasteiger partial charge in [-0.1, -0.05) is 143 Å². The van der Waals surface area contributed by atoms with Crippen LogP contribution in [-0.2, 0) is 15.5 Å². The average Bonchev–Trinajstić information content (AvgIpc) is 2.91. The van der Waals surface area contributed by atoms with Crippen molar-refractivity contribution in [2.24, 2.45) is 5.41 Å². The number of unbranched alkanes of at least 4 members (excludes halogenated alkanes) is 13. The highest BCUT2D eigenvalue weighted by atomic mass is 32.2. The lowest BCUT2D eigenvalue weighted by Crippen LogP contribution is -2.25. The lowest BCUT2D eigenvalue weighted by molar-refractivity contribution is 0.262. The third kappa shape index (κ3) is 17.3. The fourth-order valence-corrected chi connectivity index (χ4v) is 6.32. The molecule has 2 aromatic carbocycles. The summed E-state index contributed by atoms with van der Waals surface area (Å²) in [6.07, 6.45) is 20.0. The Morgan fingerprint density at radius 2 is 1.20 bits per heavy atom. The van der Waals surface area contributed by atoms with Crippen LogP contribution >= 0.6 is 0 Å². The van der Waals surface area contributed by atoms with Crippen molar-refractivity contribution in [1.82, 2.24) is 0 Å². The maximum absolute atomic E-state index is 10.5. The summed E-state index contributed by atoms with van der Waals surface area (Å²) in [5, 5.41) is 10.2. The van der Waals surface area contributed by atoms with Gasteiger partial charge in [0.05, 0.1) is 17.2 Å². The van der Waals surface area contributed by atoms with Crippen molar-refractivity contribution in [3.8, 4) is 11.5 Å². The summed E-state index contributed by atoms with van der Waals surface area (Å²) in [7, 11) is -4.02. The second-order valence-electron chi connectivity index (χ2n) is 14.3. The van der Waals surface area contributed by atoms with Crippen LogP contribution in [0.2, 0.25) is 0 Å². The number of nitrogen functional groups attached to an aromatic ring is 1. The number of hydrogen-bond donors (Lipinski definition) is 3. The number of rotatable bonds is 19. The van der Waals surface area contributed by atoms with E-state index in [1.807, 2.05) is 13.0 Å². The minimum Gasteiger partial charge on any atom is -0.506 e. The molecule has 2 aromatic rings. The molecule has 0 unspecified atom stereocenters. The lowest BCUT2D eigenvalue weighted by atomic mass is 9.72. The van der Waals surface area contributed by atoms with E-state index in [9.17, 15) is 13.5 Å². The summed E-state index contributed by atoms with van der Waals surface area (Å²) in [6.45, 7) is 16.0. The minimum absolute atomic E-state index is 0.0666. The molecule has 44 heavy (non-hydrogen) atoms. The fraction of sp³-hybridized carbons (Fsp3) is 0.676. The van der Waals surface area contributed by atoms with Gasteiger partial charge in [-0.25, -0.2) is 0 Å². The molecule has 0 saturated heterocycles. The largest absolute Gasteiger partial charge is 0.506 e. The first kappa shape index (κ1) is 39.8. The number of aryl methyl sites for hydroxylation is 1. The van der Waals surface area contributed by atoms with Crippen LogP contribution in [-0.4, -0.2) is 24.7 Å². The first-order valence-corrected chi connectivity index (χ1v) is 18.3. The first-order chi connectivity index (χ1) is 20.6. The quantitative estimate of drug-likeness (QED) is 0.0614. The molecule has 0 bridgehead atoms. The molecule has 0 aliphatic heterocycles. The molecule has 0 atom stereocenters. The number of benzene rings is 2. The molecule has 252 valence electrons. The van der Waals surface area contributed by atoms with Gasteiger partial charge in [0.1, 0.15) is 11.5 Å². The Morgan fingerprint density at radius 1 is 0.750 bits per heavy atom. The van der Waals surface area contributed by atoms with Gasteiger partial charge in [0.25, 0.3) is 10.1 Å². The van der Waals surface area contributed by atoms with Gasteiger partial charge in [-0.15, -0.1) is 0 Å². The molecule has 0 fully saturated rings. The number of aromatic hydroxyl groups is 1. The van der Waals surface area contributed by atoms with Crippen LogP contribution in [0.1, 0.15) is 149 Å². The number of anilines is 1. The Bertz CT molecular complexity index is 1170. The summed E-state index contributed by atoms with van der Waals surface area (Å²) >= 11 is 0. The summed E-state index contributed by atoms with van der Waals surface area (Å²) in [4.78, 5) is -0.0666. The average molecular weight is 634 g/mol. The molecule has 0 radical (unpaired) electrons. The molecule has 4 N–H and O–H groups in total. The molecule has 0 amide bonds. The van der Waals surface area contributed by atoms with E-state index in [2.05, 4.69) is 41.5 Å². The normalized spacial score (nSPS) is 12.1. The van der Waals surface area contributed by atoms with Crippen molar-refractivity contribution in [2.45, 2.75) is 155 Å². The van der Waals surface area contributed by atoms with Crippen molar-refractivity contribution in [3.05, 3.63) is 47.5 Å². The van der Waals surface area contributed by atoms with Crippen molar-refractivity contribution >= 4 is 15.8 Å². The zero-order valence-electron chi connectivity index (χ0n) is 28.9. The Balaban J connectivity index is 0.000000733. The molecule has 0 aromatic heterocycles. The van der Waals surface area contributed by atoms with E-state index in [1.165, 1.54) is 95.6 Å². The second-order valence-corrected chi connectivity index (χ2v) is 15.7. The molecular formula is C37H63NO5S. The van der Waals surface area contributed by atoms with Gasteiger partial charge in [0.15, 0.2) is 0 Å². The molecule has 0 aliphatic carbocycles. The van der Waals surface area contributed by atoms with Gasteiger partial charge >= 0.3 is 0 Å². The Kier molecular flexibility index (Phi) is 18.1. The van der Waals surface area contributed by atoms with Gasteiger partial charge in [-0.2, -0.15) is 8.42 Å². The molecule has 7 heteroatoms. The lowest BCUT2D eigenvalue weighted by Gasteiger charge is -2.34. The summed E-state index contributed by atoms with van der Waals surface area (Å²) in [5.41, 5.74) is 8.47. The molecule has 0 heterocycles. The van der Waals surface area contributed by atoms with E-state index in [0.29, 0.717) is 12.3 Å². The van der Waals surface area contributed by atoms with E-state index < -0.39 is 10.1 Å². The van der Waals surface area contributed by atoms with Crippen LogP contribution in [0.15, 0.2) is 41.3 Å². The maximum Gasteiger partial charge on any atom is 0.294 e. The standard InChI is InChI=1S/C30H55NO2.C7H8O3S/c1-7-8-9-10-11-12-13-14-15-16-17-18-19-20-21-33-28-23-26(31)27(32)22-25(28)30(5,6)24-29(2,3)4;1-6-2-4-7(5-3-6)11(8,9)10/h22-23,32H,7-21,24,31H2,1-6H3;2-5H,1H3,(H,8,9,10). The van der Waals surface area contributed by atoms with Crippen molar-refractivity contribution in [3.63, 3.8) is 0 Å². The Morgan fingerprint density at radius 3 is 1.64 bits per heavy atom. The number of phenols is 1. The van der Waals surface area contributed by atoms with E-state index in [4.69, 9.17) is 15.0 Å². The second kappa shape index (κ2) is 20.0. The van der Waals surface area contributed by atoms with E-state index >= 15 is 0 Å². The van der Waals surface area contributed by atoms with Crippen LogP contribution in [0.3, 0.4) is 0 Å². The van der Waals surface area contributed by atoms with Gasteiger partial charge in [-0.05, 0) is 48.8 Å². The van der Waals surface area contributed by atoms with Gasteiger partial charge in [0.2, 0.25) is 0 Å². The van der Waals surface area contributed by atoms with Crippen LogP contribution in [0.5, 0.6) is 11.5 Å². The van der Waals surface area contributed by atoms with Crippen LogP contribution in [0, 0.1) is 12.3 Å². The monoisotopic (exact) mass is 633 g/mol. The third-order valence-electron chi connectivity index (χ3n) is 7.90. The fourth-order valence-electron chi connectivity index (χ4n) is 5.84. The zero-order chi connectivity index (χ0) is 33.2. The Labute approximate surface area is 269 Å². The van der Waals surface area contributed by atoms with Crippen molar-refractivity contribution in [1.29, 1.82) is 0 Å². The predicted molar refractivity (Wildman–Crippen MR) is 186 cm³/mol. The summed E-state index contributed by atoms with van der Waals surface area (Å²) < 4.78 is 35.7.